The number of carbonyl (C=O) groups excluding carboxylic acids is 2. The topological polar surface area (TPSA) is 49.9 Å². The minimum Gasteiger partial charge on any atom is -0.378 e. The van der Waals surface area contributed by atoms with E-state index in [1.165, 1.54) is 11.8 Å². The van der Waals surface area contributed by atoms with E-state index in [0.29, 0.717) is 37.0 Å². The number of hydrogen-bond acceptors (Lipinski definition) is 3. The van der Waals surface area contributed by atoms with E-state index in [9.17, 15) is 9.59 Å². The van der Waals surface area contributed by atoms with Gasteiger partial charge in [-0.15, -0.1) is 0 Å². The normalized spacial score (nSPS) is 15.0. The summed E-state index contributed by atoms with van der Waals surface area (Å²) in [5.41, 5.74) is 0.559. The predicted molar refractivity (Wildman–Crippen MR) is 76.9 cm³/mol. The van der Waals surface area contributed by atoms with Gasteiger partial charge in [-0.05, 0) is 12.1 Å². The largest absolute Gasteiger partial charge is 0.378 e. The van der Waals surface area contributed by atoms with Crippen molar-refractivity contribution in [1.82, 2.24) is 4.90 Å². The van der Waals surface area contributed by atoms with Crippen molar-refractivity contribution in [1.29, 1.82) is 0 Å². The maximum absolute atomic E-state index is 12.2. The third-order valence-electron chi connectivity index (χ3n) is 3.18. The van der Waals surface area contributed by atoms with Gasteiger partial charge in [0.1, 0.15) is 6.54 Å². The van der Waals surface area contributed by atoms with Crippen LogP contribution in [0.25, 0.3) is 0 Å². The average molecular weight is 297 g/mol. The Labute approximate surface area is 123 Å². The van der Waals surface area contributed by atoms with Crippen molar-refractivity contribution in [3.05, 3.63) is 29.3 Å². The van der Waals surface area contributed by atoms with Crippen LogP contribution in [0.5, 0.6) is 0 Å². The molecule has 0 atom stereocenters. The molecule has 0 saturated carbocycles. The first kappa shape index (κ1) is 14.8. The van der Waals surface area contributed by atoms with Crippen molar-refractivity contribution < 1.29 is 14.3 Å². The van der Waals surface area contributed by atoms with Gasteiger partial charge in [0.15, 0.2) is 0 Å². The van der Waals surface area contributed by atoms with Crippen molar-refractivity contribution >= 4 is 29.1 Å². The highest BCUT2D eigenvalue weighted by molar-refractivity contribution is 6.33. The van der Waals surface area contributed by atoms with Gasteiger partial charge in [0.05, 0.1) is 23.9 Å². The van der Waals surface area contributed by atoms with E-state index in [4.69, 9.17) is 16.3 Å². The zero-order valence-electron chi connectivity index (χ0n) is 11.3. The summed E-state index contributed by atoms with van der Waals surface area (Å²) >= 11 is 6.09. The molecule has 1 heterocycles. The monoisotopic (exact) mass is 296 g/mol. The van der Waals surface area contributed by atoms with Crippen molar-refractivity contribution in [2.45, 2.75) is 6.92 Å². The lowest BCUT2D eigenvalue weighted by molar-refractivity contribution is -0.134. The van der Waals surface area contributed by atoms with Crippen LogP contribution in [-0.4, -0.2) is 49.6 Å². The standard InChI is InChI=1S/C14H17ClN2O3/c1-11(18)17(13-5-3-2-4-12(13)15)10-14(19)16-6-8-20-9-7-16/h2-5H,6-10H2,1H3. The van der Waals surface area contributed by atoms with Gasteiger partial charge in [-0.25, -0.2) is 0 Å². The van der Waals surface area contributed by atoms with Crippen LogP contribution in [0.1, 0.15) is 6.92 Å². The van der Waals surface area contributed by atoms with Gasteiger partial charge in [0.25, 0.3) is 0 Å². The van der Waals surface area contributed by atoms with Gasteiger partial charge in [-0.1, -0.05) is 23.7 Å². The Bertz CT molecular complexity index is 501. The lowest BCUT2D eigenvalue weighted by atomic mass is 10.2. The summed E-state index contributed by atoms with van der Waals surface area (Å²) in [6.07, 6.45) is 0. The van der Waals surface area contributed by atoms with E-state index in [2.05, 4.69) is 0 Å². The number of hydrogen-bond donors (Lipinski definition) is 0. The maximum atomic E-state index is 12.2. The number of nitrogens with zero attached hydrogens (tertiary/aromatic N) is 2. The number of carbonyl (C=O) groups is 2. The fourth-order valence-electron chi connectivity index (χ4n) is 2.08. The summed E-state index contributed by atoms with van der Waals surface area (Å²) in [5.74, 6) is -0.303. The molecule has 1 aliphatic heterocycles. The number of halogens is 1. The number of ether oxygens (including phenoxy) is 1. The van der Waals surface area contributed by atoms with Crippen LogP contribution in [0, 0.1) is 0 Å². The molecule has 1 aromatic rings. The Hall–Kier alpha value is -1.59. The molecule has 1 fully saturated rings. The molecular weight excluding hydrogens is 280 g/mol. The first-order chi connectivity index (χ1) is 9.59. The number of anilines is 1. The van der Waals surface area contributed by atoms with Crippen molar-refractivity contribution in [3.8, 4) is 0 Å². The third-order valence-corrected chi connectivity index (χ3v) is 3.50. The smallest absolute Gasteiger partial charge is 0.242 e. The van der Waals surface area contributed by atoms with Crippen molar-refractivity contribution in [2.24, 2.45) is 0 Å². The highest BCUT2D eigenvalue weighted by Gasteiger charge is 2.23. The maximum Gasteiger partial charge on any atom is 0.242 e. The molecule has 0 bridgehead atoms. The molecule has 1 saturated heterocycles. The van der Waals surface area contributed by atoms with Crippen LogP contribution in [0.4, 0.5) is 5.69 Å². The zero-order chi connectivity index (χ0) is 14.5. The first-order valence-corrected chi connectivity index (χ1v) is 6.85. The molecule has 0 unspecified atom stereocenters. The van der Waals surface area contributed by atoms with E-state index in [1.54, 1.807) is 29.2 Å². The molecule has 0 radical (unpaired) electrons. The van der Waals surface area contributed by atoms with Gasteiger partial charge in [-0.2, -0.15) is 0 Å². The molecule has 0 aromatic heterocycles. The minimum atomic E-state index is -0.209. The number of benzene rings is 1. The van der Waals surface area contributed by atoms with Gasteiger partial charge >= 0.3 is 0 Å². The quantitative estimate of drug-likeness (QED) is 0.850. The van der Waals surface area contributed by atoms with Gasteiger partial charge in [0.2, 0.25) is 11.8 Å². The fourth-order valence-corrected chi connectivity index (χ4v) is 2.32. The highest BCUT2D eigenvalue weighted by Crippen LogP contribution is 2.25. The van der Waals surface area contributed by atoms with Crippen LogP contribution in [0.3, 0.4) is 0 Å². The average Bonchev–Trinajstić information content (AvgIpc) is 2.46. The van der Waals surface area contributed by atoms with Crippen LogP contribution in [0.2, 0.25) is 5.02 Å². The van der Waals surface area contributed by atoms with Crippen LogP contribution in [-0.2, 0) is 14.3 Å². The highest BCUT2D eigenvalue weighted by atomic mass is 35.5. The molecule has 6 heteroatoms. The Morgan fingerprint density at radius 3 is 2.55 bits per heavy atom. The molecule has 0 N–H and O–H groups in total. The number of morpholine rings is 1. The summed E-state index contributed by atoms with van der Waals surface area (Å²) in [4.78, 5) is 27.1. The van der Waals surface area contributed by atoms with Gasteiger partial charge in [-0.3, -0.25) is 9.59 Å². The van der Waals surface area contributed by atoms with Crippen molar-refractivity contribution in [2.75, 3.05) is 37.7 Å². The third kappa shape index (κ3) is 3.49. The van der Waals surface area contributed by atoms with E-state index in [-0.39, 0.29) is 18.4 Å². The SMILES string of the molecule is CC(=O)N(CC(=O)N1CCOCC1)c1ccccc1Cl. The second-order valence-corrected chi connectivity index (χ2v) is 4.96. The predicted octanol–water partition coefficient (Wildman–Crippen LogP) is 1.55. The molecule has 0 aliphatic carbocycles. The summed E-state index contributed by atoms with van der Waals surface area (Å²) in [7, 11) is 0. The number of rotatable bonds is 3. The minimum absolute atomic E-state index is 0.000926. The summed E-state index contributed by atoms with van der Waals surface area (Å²) in [6.45, 7) is 3.63. The van der Waals surface area contributed by atoms with E-state index in [1.807, 2.05) is 0 Å². The molecule has 2 rings (SSSR count). The van der Waals surface area contributed by atoms with E-state index in [0.717, 1.165) is 0 Å². The second kappa shape index (κ2) is 6.72. The second-order valence-electron chi connectivity index (χ2n) is 4.55. The molecule has 0 spiro atoms. The zero-order valence-corrected chi connectivity index (χ0v) is 12.1. The lowest BCUT2D eigenvalue weighted by Gasteiger charge is -2.30. The molecule has 20 heavy (non-hydrogen) atoms. The number of amides is 2. The van der Waals surface area contributed by atoms with Crippen LogP contribution < -0.4 is 4.90 Å². The Kier molecular flexibility index (Phi) is 4.98. The van der Waals surface area contributed by atoms with E-state index >= 15 is 0 Å². The lowest BCUT2D eigenvalue weighted by Crippen LogP contribution is -2.46. The first-order valence-electron chi connectivity index (χ1n) is 6.47. The molecule has 1 aromatic carbocycles. The molecule has 108 valence electrons. The Morgan fingerprint density at radius 2 is 1.95 bits per heavy atom. The molecular formula is C14H17ClN2O3. The summed E-state index contributed by atoms with van der Waals surface area (Å²) < 4.78 is 5.21. The molecule has 1 aliphatic rings. The van der Waals surface area contributed by atoms with E-state index < -0.39 is 0 Å². The molecule has 2 amide bonds. The van der Waals surface area contributed by atoms with Crippen LogP contribution in [0.15, 0.2) is 24.3 Å². The van der Waals surface area contributed by atoms with Crippen LogP contribution >= 0.6 is 11.6 Å². The number of para-hydroxylation sites is 1. The molecule has 5 nitrogen and oxygen atoms in total. The fraction of sp³-hybridized carbons (Fsp3) is 0.429. The Morgan fingerprint density at radius 1 is 1.30 bits per heavy atom. The van der Waals surface area contributed by atoms with Crippen molar-refractivity contribution in [3.63, 3.8) is 0 Å². The Balaban J connectivity index is 2.12. The summed E-state index contributed by atoms with van der Waals surface area (Å²) in [6, 6.07) is 7.01. The van der Waals surface area contributed by atoms with Gasteiger partial charge < -0.3 is 14.5 Å². The van der Waals surface area contributed by atoms with Gasteiger partial charge in [0, 0.05) is 20.0 Å². The summed E-state index contributed by atoms with van der Waals surface area (Å²) in [5, 5.41) is 0.456.